The Labute approximate surface area is 128 Å². The number of thioether (sulfide) groups is 1. The minimum Gasteiger partial charge on any atom is -0.308 e. The summed E-state index contributed by atoms with van der Waals surface area (Å²) in [7, 11) is 0. The Balaban J connectivity index is 1.76. The molecule has 1 fully saturated rings. The SMILES string of the molecule is CC(C)(C)NCc1cccc(SCCN2CCCC2)c1. The molecule has 0 saturated carbocycles. The molecule has 0 aromatic heterocycles. The smallest absolute Gasteiger partial charge is 0.0210 e. The van der Waals surface area contributed by atoms with Crippen LogP contribution < -0.4 is 5.32 Å². The molecule has 0 amide bonds. The molecule has 0 atom stereocenters. The first kappa shape index (κ1) is 15.9. The van der Waals surface area contributed by atoms with Gasteiger partial charge in [0.05, 0.1) is 0 Å². The Morgan fingerprint density at radius 1 is 1.20 bits per heavy atom. The summed E-state index contributed by atoms with van der Waals surface area (Å²) in [5.74, 6) is 1.20. The molecular weight excluding hydrogens is 264 g/mol. The minimum atomic E-state index is 0.179. The molecule has 0 spiro atoms. The fourth-order valence-electron chi connectivity index (χ4n) is 2.41. The lowest BCUT2D eigenvalue weighted by Gasteiger charge is -2.20. The normalized spacial score (nSPS) is 16.8. The molecule has 0 unspecified atom stereocenters. The summed E-state index contributed by atoms with van der Waals surface area (Å²) in [6.45, 7) is 11.4. The van der Waals surface area contributed by atoms with Crippen molar-refractivity contribution in [2.75, 3.05) is 25.4 Å². The molecular formula is C17H28N2S. The largest absolute Gasteiger partial charge is 0.308 e. The molecule has 112 valence electrons. The van der Waals surface area contributed by atoms with E-state index in [1.165, 1.54) is 48.7 Å². The number of nitrogens with one attached hydrogen (secondary N) is 1. The van der Waals surface area contributed by atoms with Crippen molar-refractivity contribution in [1.29, 1.82) is 0 Å². The van der Waals surface area contributed by atoms with E-state index in [1.807, 2.05) is 11.8 Å². The lowest BCUT2D eigenvalue weighted by Crippen LogP contribution is -2.35. The van der Waals surface area contributed by atoms with Gasteiger partial charge in [-0.1, -0.05) is 12.1 Å². The zero-order valence-corrected chi connectivity index (χ0v) is 13.9. The van der Waals surface area contributed by atoms with E-state index in [0.29, 0.717) is 0 Å². The first-order chi connectivity index (χ1) is 9.53. The second-order valence-electron chi connectivity index (χ2n) is 6.65. The highest BCUT2D eigenvalue weighted by Crippen LogP contribution is 2.20. The van der Waals surface area contributed by atoms with Crippen LogP contribution in [0.4, 0.5) is 0 Å². The first-order valence-electron chi connectivity index (χ1n) is 7.72. The maximum Gasteiger partial charge on any atom is 0.0210 e. The van der Waals surface area contributed by atoms with E-state index in [9.17, 15) is 0 Å². The third kappa shape index (κ3) is 5.86. The van der Waals surface area contributed by atoms with Gasteiger partial charge in [-0.2, -0.15) is 0 Å². The van der Waals surface area contributed by atoms with Gasteiger partial charge in [-0.05, 0) is 64.4 Å². The van der Waals surface area contributed by atoms with E-state index < -0.39 is 0 Å². The number of hydrogen-bond acceptors (Lipinski definition) is 3. The van der Waals surface area contributed by atoms with Gasteiger partial charge in [0.15, 0.2) is 0 Å². The van der Waals surface area contributed by atoms with Crippen molar-refractivity contribution in [3.8, 4) is 0 Å². The Hall–Kier alpha value is -0.510. The highest BCUT2D eigenvalue weighted by atomic mass is 32.2. The Kier molecular flexibility index (Phi) is 5.94. The average Bonchev–Trinajstić information content (AvgIpc) is 2.89. The van der Waals surface area contributed by atoms with Crippen LogP contribution in [-0.2, 0) is 6.54 Å². The molecule has 20 heavy (non-hydrogen) atoms. The number of hydrogen-bond donors (Lipinski definition) is 1. The topological polar surface area (TPSA) is 15.3 Å². The molecule has 1 saturated heterocycles. The molecule has 2 rings (SSSR count). The Bertz CT molecular complexity index is 406. The third-order valence-corrected chi connectivity index (χ3v) is 4.57. The summed E-state index contributed by atoms with van der Waals surface area (Å²) < 4.78 is 0. The number of nitrogens with zero attached hydrogens (tertiary/aromatic N) is 1. The molecule has 1 heterocycles. The molecule has 1 N–H and O–H groups in total. The van der Waals surface area contributed by atoms with Crippen LogP contribution in [0.2, 0.25) is 0 Å². The number of benzene rings is 1. The summed E-state index contributed by atoms with van der Waals surface area (Å²) in [6, 6.07) is 8.95. The van der Waals surface area contributed by atoms with Crippen LogP contribution in [0.1, 0.15) is 39.2 Å². The average molecular weight is 292 g/mol. The predicted molar refractivity (Wildman–Crippen MR) is 89.4 cm³/mol. The minimum absolute atomic E-state index is 0.179. The summed E-state index contributed by atoms with van der Waals surface area (Å²) in [4.78, 5) is 3.98. The highest BCUT2D eigenvalue weighted by molar-refractivity contribution is 7.99. The summed E-state index contributed by atoms with van der Waals surface area (Å²) in [5.41, 5.74) is 1.56. The fraction of sp³-hybridized carbons (Fsp3) is 0.647. The first-order valence-corrected chi connectivity index (χ1v) is 8.71. The van der Waals surface area contributed by atoms with Gasteiger partial charge in [0.1, 0.15) is 0 Å². The quantitative estimate of drug-likeness (QED) is 0.804. The van der Waals surface area contributed by atoms with Crippen LogP contribution in [0, 0.1) is 0 Å². The van der Waals surface area contributed by atoms with Crippen LogP contribution in [-0.4, -0.2) is 35.8 Å². The second-order valence-corrected chi connectivity index (χ2v) is 7.82. The lowest BCUT2D eigenvalue weighted by atomic mass is 10.1. The van der Waals surface area contributed by atoms with Gasteiger partial charge in [-0.25, -0.2) is 0 Å². The van der Waals surface area contributed by atoms with E-state index in [4.69, 9.17) is 0 Å². The van der Waals surface area contributed by atoms with Gasteiger partial charge in [0.2, 0.25) is 0 Å². The molecule has 0 aliphatic carbocycles. The van der Waals surface area contributed by atoms with Gasteiger partial charge < -0.3 is 10.2 Å². The summed E-state index contributed by atoms with van der Waals surface area (Å²) in [6.07, 6.45) is 2.78. The molecule has 0 radical (unpaired) electrons. The standard InChI is InChI=1S/C17H28N2S/c1-17(2,3)18-14-15-7-6-8-16(13-15)20-12-11-19-9-4-5-10-19/h6-8,13,18H,4-5,9-12,14H2,1-3H3. The summed E-state index contributed by atoms with van der Waals surface area (Å²) >= 11 is 1.99. The monoisotopic (exact) mass is 292 g/mol. The maximum absolute atomic E-state index is 3.55. The van der Waals surface area contributed by atoms with Crippen molar-refractivity contribution in [2.45, 2.75) is 50.6 Å². The summed E-state index contributed by atoms with van der Waals surface area (Å²) in [5, 5.41) is 3.55. The number of rotatable bonds is 6. The second kappa shape index (κ2) is 7.48. The van der Waals surface area contributed by atoms with Crippen LogP contribution >= 0.6 is 11.8 Å². The lowest BCUT2D eigenvalue weighted by molar-refractivity contribution is 0.362. The predicted octanol–water partition coefficient (Wildman–Crippen LogP) is 3.76. The third-order valence-electron chi connectivity index (χ3n) is 3.60. The van der Waals surface area contributed by atoms with Gasteiger partial charge in [-0.15, -0.1) is 11.8 Å². The van der Waals surface area contributed by atoms with Crippen molar-refractivity contribution < 1.29 is 0 Å². The molecule has 1 aromatic rings. The van der Waals surface area contributed by atoms with Gasteiger partial charge in [-0.3, -0.25) is 0 Å². The van der Waals surface area contributed by atoms with Crippen molar-refractivity contribution in [3.05, 3.63) is 29.8 Å². The van der Waals surface area contributed by atoms with Crippen LogP contribution in [0.25, 0.3) is 0 Å². The fourth-order valence-corrected chi connectivity index (χ4v) is 3.41. The van der Waals surface area contributed by atoms with E-state index in [0.717, 1.165) is 6.54 Å². The van der Waals surface area contributed by atoms with E-state index in [1.54, 1.807) is 0 Å². The van der Waals surface area contributed by atoms with E-state index in [-0.39, 0.29) is 5.54 Å². The van der Waals surface area contributed by atoms with Crippen LogP contribution in [0.3, 0.4) is 0 Å². The van der Waals surface area contributed by atoms with Gasteiger partial charge in [0, 0.05) is 29.3 Å². The highest BCUT2D eigenvalue weighted by Gasteiger charge is 2.11. The van der Waals surface area contributed by atoms with Gasteiger partial charge >= 0.3 is 0 Å². The zero-order chi connectivity index (χ0) is 14.4. The van der Waals surface area contributed by atoms with Crippen LogP contribution in [0.15, 0.2) is 29.2 Å². The Morgan fingerprint density at radius 3 is 2.65 bits per heavy atom. The van der Waals surface area contributed by atoms with E-state index >= 15 is 0 Å². The Morgan fingerprint density at radius 2 is 1.95 bits per heavy atom. The zero-order valence-electron chi connectivity index (χ0n) is 13.1. The van der Waals surface area contributed by atoms with Crippen molar-refractivity contribution >= 4 is 11.8 Å². The molecule has 1 aliphatic rings. The molecule has 2 nitrogen and oxygen atoms in total. The molecule has 0 bridgehead atoms. The van der Waals surface area contributed by atoms with E-state index in [2.05, 4.69) is 55.3 Å². The number of likely N-dealkylation sites (tertiary alicyclic amines) is 1. The molecule has 1 aromatic carbocycles. The van der Waals surface area contributed by atoms with Crippen molar-refractivity contribution in [1.82, 2.24) is 10.2 Å². The molecule has 1 aliphatic heterocycles. The van der Waals surface area contributed by atoms with Crippen molar-refractivity contribution in [2.24, 2.45) is 0 Å². The maximum atomic E-state index is 3.55. The van der Waals surface area contributed by atoms with Crippen LogP contribution in [0.5, 0.6) is 0 Å². The molecule has 3 heteroatoms. The van der Waals surface area contributed by atoms with Gasteiger partial charge in [0.25, 0.3) is 0 Å². The van der Waals surface area contributed by atoms with Crippen molar-refractivity contribution in [3.63, 3.8) is 0 Å².